The largest absolute Gasteiger partial charge is 0.481 e. The highest BCUT2D eigenvalue weighted by Gasteiger charge is 2.26. The van der Waals surface area contributed by atoms with Crippen LogP contribution in [0.2, 0.25) is 0 Å². The van der Waals surface area contributed by atoms with Crippen LogP contribution in [0.1, 0.15) is 44.2 Å². The third-order valence-corrected chi connectivity index (χ3v) is 4.85. The second-order valence-corrected chi connectivity index (χ2v) is 6.60. The SMILES string of the molecule is CC(NC(=O)NC1CCC(C(=O)O)CC1)c1ccccc1Br. The number of carbonyl (C=O) groups is 2. The summed E-state index contributed by atoms with van der Waals surface area (Å²) in [6.07, 6.45) is 2.68. The van der Waals surface area contributed by atoms with Crippen LogP contribution >= 0.6 is 15.9 Å². The van der Waals surface area contributed by atoms with Gasteiger partial charge >= 0.3 is 12.0 Å². The lowest BCUT2D eigenvalue weighted by molar-refractivity contribution is -0.142. The van der Waals surface area contributed by atoms with E-state index in [1.807, 2.05) is 31.2 Å². The van der Waals surface area contributed by atoms with Gasteiger partial charge in [-0.2, -0.15) is 0 Å². The smallest absolute Gasteiger partial charge is 0.315 e. The summed E-state index contributed by atoms with van der Waals surface area (Å²) in [5.74, 6) is -0.995. The summed E-state index contributed by atoms with van der Waals surface area (Å²) in [6.45, 7) is 1.93. The van der Waals surface area contributed by atoms with Crippen molar-refractivity contribution in [2.24, 2.45) is 5.92 Å². The van der Waals surface area contributed by atoms with E-state index in [2.05, 4.69) is 26.6 Å². The van der Waals surface area contributed by atoms with Gasteiger partial charge in [-0.25, -0.2) is 4.79 Å². The standard InChI is InChI=1S/C16H21BrN2O3/c1-10(13-4-2-3-5-14(13)17)18-16(22)19-12-8-6-11(7-9-12)15(20)21/h2-5,10-12H,6-9H2,1H3,(H,20,21)(H2,18,19,22). The van der Waals surface area contributed by atoms with Crippen LogP contribution in [0, 0.1) is 5.92 Å². The number of rotatable bonds is 4. The number of carboxylic acids is 1. The molecular formula is C16H21BrN2O3. The maximum atomic E-state index is 12.1. The number of aliphatic carboxylic acids is 1. The van der Waals surface area contributed by atoms with E-state index in [-0.39, 0.29) is 24.0 Å². The zero-order valence-electron chi connectivity index (χ0n) is 12.5. The van der Waals surface area contributed by atoms with Crippen molar-refractivity contribution >= 4 is 27.9 Å². The Labute approximate surface area is 138 Å². The maximum absolute atomic E-state index is 12.1. The molecule has 5 nitrogen and oxygen atoms in total. The normalized spacial score (nSPS) is 22.6. The van der Waals surface area contributed by atoms with Crippen LogP contribution < -0.4 is 10.6 Å². The second-order valence-electron chi connectivity index (χ2n) is 5.75. The highest BCUT2D eigenvalue weighted by molar-refractivity contribution is 9.10. The number of hydrogen-bond donors (Lipinski definition) is 3. The summed E-state index contributed by atoms with van der Waals surface area (Å²) in [5, 5.41) is 14.8. The number of carbonyl (C=O) groups excluding carboxylic acids is 1. The molecule has 0 bridgehead atoms. The molecule has 1 aliphatic carbocycles. The number of urea groups is 1. The molecule has 3 N–H and O–H groups in total. The Morgan fingerprint density at radius 3 is 2.45 bits per heavy atom. The fourth-order valence-corrected chi connectivity index (χ4v) is 3.44. The van der Waals surface area contributed by atoms with Crippen molar-refractivity contribution in [1.82, 2.24) is 10.6 Å². The van der Waals surface area contributed by atoms with Gasteiger partial charge in [-0.05, 0) is 44.2 Å². The Morgan fingerprint density at radius 1 is 1.23 bits per heavy atom. The number of hydrogen-bond acceptors (Lipinski definition) is 2. The molecule has 1 aromatic carbocycles. The Morgan fingerprint density at radius 2 is 1.86 bits per heavy atom. The number of carboxylic acid groups (broad SMARTS) is 1. The molecule has 1 atom stereocenters. The molecule has 1 aromatic rings. The van der Waals surface area contributed by atoms with Gasteiger partial charge in [-0.1, -0.05) is 34.1 Å². The molecule has 1 saturated carbocycles. The monoisotopic (exact) mass is 368 g/mol. The first-order valence-corrected chi connectivity index (χ1v) is 8.31. The quantitative estimate of drug-likeness (QED) is 0.761. The third-order valence-electron chi connectivity index (χ3n) is 4.13. The van der Waals surface area contributed by atoms with Crippen molar-refractivity contribution in [2.45, 2.75) is 44.7 Å². The van der Waals surface area contributed by atoms with E-state index in [0.717, 1.165) is 10.0 Å². The zero-order chi connectivity index (χ0) is 16.1. The molecule has 0 aromatic heterocycles. The summed E-state index contributed by atoms with van der Waals surface area (Å²) in [6, 6.07) is 7.52. The highest BCUT2D eigenvalue weighted by Crippen LogP contribution is 2.25. The third kappa shape index (κ3) is 4.47. The minimum absolute atomic E-state index is 0.0574. The van der Waals surface area contributed by atoms with Gasteiger partial charge in [0.05, 0.1) is 12.0 Å². The van der Waals surface area contributed by atoms with Gasteiger partial charge in [0.1, 0.15) is 0 Å². The van der Waals surface area contributed by atoms with Crippen LogP contribution in [0.25, 0.3) is 0 Å². The number of amides is 2. The number of nitrogens with one attached hydrogen (secondary N) is 2. The van der Waals surface area contributed by atoms with Crippen LogP contribution in [0.15, 0.2) is 28.7 Å². The summed E-state index contributed by atoms with van der Waals surface area (Å²) in [4.78, 5) is 23.0. The predicted molar refractivity (Wildman–Crippen MR) is 87.6 cm³/mol. The Kier molecular flexibility index (Phi) is 5.83. The van der Waals surface area contributed by atoms with Crippen molar-refractivity contribution in [3.05, 3.63) is 34.3 Å². The van der Waals surface area contributed by atoms with E-state index in [1.165, 1.54) is 0 Å². The maximum Gasteiger partial charge on any atom is 0.315 e. The van der Waals surface area contributed by atoms with Gasteiger partial charge in [0.15, 0.2) is 0 Å². The topological polar surface area (TPSA) is 78.4 Å². The molecule has 0 radical (unpaired) electrons. The molecule has 0 saturated heterocycles. The van der Waals surface area contributed by atoms with Gasteiger partial charge in [-0.15, -0.1) is 0 Å². The van der Waals surface area contributed by atoms with E-state index in [1.54, 1.807) is 0 Å². The second kappa shape index (κ2) is 7.63. The van der Waals surface area contributed by atoms with E-state index in [4.69, 9.17) is 5.11 Å². The molecule has 2 amide bonds. The van der Waals surface area contributed by atoms with Crippen molar-refractivity contribution < 1.29 is 14.7 Å². The van der Waals surface area contributed by atoms with E-state index in [0.29, 0.717) is 25.7 Å². The molecule has 0 aliphatic heterocycles. The van der Waals surface area contributed by atoms with Crippen LogP contribution in [-0.2, 0) is 4.79 Å². The fraction of sp³-hybridized carbons (Fsp3) is 0.500. The van der Waals surface area contributed by atoms with Crippen molar-refractivity contribution in [1.29, 1.82) is 0 Å². The van der Waals surface area contributed by atoms with Crippen molar-refractivity contribution in [3.63, 3.8) is 0 Å². The summed E-state index contributed by atoms with van der Waals surface area (Å²) in [7, 11) is 0. The molecule has 0 spiro atoms. The highest BCUT2D eigenvalue weighted by atomic mass is 79.9. The van der Waals surface area contributed by atoms with Crippen molar-refractivity contribution in [3.8, 4) is 0 Å². The van der Waals surface area contributed by atoms with E-state index < -0.39 is 5.97 Å². The number of halogens is 1. The molecule has 2 rings (SSSR count). The first kappa shape index (κ1) is 16.8. The lowest BCUT2D eigenvalue weighted by Crippen LogP contribution is -2.44. The Bertz CT molecular complexity index is 542. The Hall–Kier alpha value is -1.56. The van der Waals surface area contributed by atoms with Crippen LogP contribution in [0.4, 0.5) is 4.79 Å². The van der Waals surface area contributed by atoms with Crippen LogP contribution in [0.5, 0.6) is 0 Å². The minimum Gasteiger partial charge on any atom is -0.481 e. The zero-order valence-corrected chi connectivity index (χ0v) is 14.1. The number of benzene rings is 1. The van der Waals surface area contributed by atoms with Crippen LogP contribution in [-0.4, -0.2) is 23.1 Å². The molecule has 1 fully saturated rings. The summed E-state index contributed by atoms with van der Waals surface area (Å²) in [5.41, 5.74) is 1.02. The Balaban J connectivity index is 1.81. The first-order valence-electron chi connectivity index (χ1n) is 7.51. The van der Waals surface area contributed by atoms with E-state index in [9.17, 15) is 9.59 Å². The molecule has 0 heterocycles. The molecule has 1 unspecified atom stereocenters. The molecule has 1 aliphatic rings. The van der Waals surface area contributed by atoms with E-state index >= 15 is 0 Å². The van der Waals surface area contributed by atoms with Gasteiger partial charge in [-0.3, -0.25) is 4.79 Å². The first-order chi connectivity index (χ1) is 10.5. The average molecular weight is 369 g/mol. The summed E-state index contributed by atoms with van der Waals surface area (Å²) >= 11 is 3.48. The van der Waals surface area contributed by atoms with Crippen molar-refractivity contribution in [2.75, 3.05) is 0 Å². The molecule has 120 valence electrons. The minimum atomic E-state index is -0.731. The van der Waals surface area contributed by atoms with Gasteiger partial charge in [0.25, 0.3) is 0 Å². The predicted octanol–water partition coefficient (Wildman–Crippen LogP) is 3.45. The summed E-state index contributed by atoms with van der Waals surface area (Å²) < 4.78 is 0.963. The van der Waals surface area contributed by atoms with Gasteiger partial charge in [0.2, 0.25) is 0 Å². The fourth-order valence-electron chi connectivity index (χ4n) is 2.81. The lowest BCUT2D eigenvalue weighted by Gasteiger charge is -2.27. The molecule has 22 heavy (non-hydrogen) atoms. The molecule has 6 heteroatoms. The molecular weight excluding hydrogens is 348 g/mol. The van der Waals surface area contributed by atoms with Crippen LogP contribution in [0.3, 0.4) is 0 Å². The van der Waals surface area contributed by atoms with Gasteiger partial charge in [0, 0.05) is 10.5 Å². The average Bonchev–Trinajstić information content (AvgIpc) is 2.48. The van der Waals surface area contributed by atoms with Gasteiger partial charge < -0.3 is 15.7 Å². The lowest BCUT2D eigenvalue weighted by atomic mass is 9.86.